The van der Waals surface area contributed by atoms with E-state index in [0.29, 0.717) is 6.04 Å². The Bertz CT molecular complexity index is 392. The number of benzene rings is 1. The second kappa shape index (κ2) is 7.32. The number of thioether (sulfide) groups is 1. The number of aliphatic hydroxyl groups is 1. The van der Waals surface area contributed by atoms with Crippen molar-refractivity contribution in [2.75, 3.05) is 12.9 Å². The fourth-order valence-electron chi connectivity index (χ4n) is 2.90. The van der Waals surface area contributed by atoms with Crippen molar-refractivity contribution < 1.29 is 5.11 Å². The van der Waals surface area contributed by atoms with Crippen molar-refractivity contribution in [2.45, 2.75) is 52.0 Å². The van der Waals surface area contributed by atoms with Crippen molar-refractivity contribution in [3.63, 3.8) is 0 Å². The van der Waals surface area contributed by atoms with Gasteiger partial charge in [-0.1, -0.05) is 17.7 Å². The lowest BCUT2D eigenvalue weighted by Crippen LogP contribution is -2.39. The van der Waals surface area contributed by atoms with Crippen LogP contribution in [-0.2, 0) is 0 Å². The fraction of sp³-hybridized carbons (Fsp3) is 0.625. The van der Waals surface area contributed by atoms with E-state index in [1.807, 2.05) is 6.26 Å². The number of rotatable bonds is 6. The predicted octanol–water partition coefficient (Wildman–Crippen LogP) is 3.37. The molecule has 108 valence electrons. The first-order chi connectivity index (χ1) is 8.90. The number of hydrogen-bond donors (Lipinski definition) is 2. The highest BCUT2D eigenvalue weighted by Crippen LogP contribution is 2.24. The lowest BCUT2D eigenvalue weighted by Gasteiger charge is -2.27. The van der Waals surface area contributed by atoms with Gasteiger partial charge >= 0.3 is 0 Å². The Balaban J connectivity index is 2.87. The Morgan fingerprint density at radius 1 is 1.16 bits per heavy atom. The molecule has 0 saturated heterocycles. The number of aliphatic hydroxyl groups excluding tert-OH is 1. The molecule has 0 aliphatic rings. The molecule has 0 aliphatic carbocycles. The minimum Gasteiger partial charge on any atom is -0.395 e. The van der Waals surface area contributed by atoms with Crippen LogP contribution in [0.2, 0.25) is 0 Å². The monoisotopic (exact) mass is 281 g/mol. The summed E-state index contributed by atoms with van der Waals surface area (Å²) in [5, 5.41) is 13.2. The molecule has 3 unspecified atom stereocenters. The van der Waals surface area contributed by atoms with Gasteiger partial charge in [-0.3, -0.25) is 0 Å². The summed E-state index contributed by atoms with van der Waals surface area (Å²) in [6, 6.07) is 5.07. The molecule has 0 heterocycles. The van der Waals surface area contributed by atoms with Crippen LogP contribution in [0, 0.1) is 20.8 Å². The van der Waals surface area contributed by atoms with Gasteiger partial charge in [0.15, 0.2) is 0 Å². The van der Waals surface area contributed by atoms with Gasteiger partial charge in [0.1, 0.15) is 0 Å². The third-order valence-electron chi connectivity index (χ3n) is 3.72. The molecular weight excluding hydrogens is 254 g/mol. The molecule has 0 aromatic heterocycles. The standard InChI is InChI=1S/C16H27NOS/c1-10-7-11(2)16(12(3)8-10)14(5)17-13(4)15(9-18)19-6/h7-8,13-15,17-18H,9H2,1-6H3. The topological polar surface area (TPSA) is 32.3 Å². The third kappa shape index (κ3) is 4.23. The Morgan fingerprint density at radius 3 is 2.11 bits per heavy atom. The zero-order valence-corrected chi connectivity index (χ0v) is 13.8. The van der Waals surface area contributed by atoms with E-state index in [1.165, 1.54) is 22.3 Å². The van der Waals surface area contributed by atoms with Crippen molar-refractivity contribution in [3.05, 3.63) is 34.4 Å². The molecule has 19 heavy (non-hydrogen) atoms. The average Bonchev–Trinajstić information content (AvgIpc) is 2.28. The van der Waals surface area contributed by atoms with Gasteiger partial charge in [0.05, 0.1) is 6.61 Å². The summed E-state index contributed by atoms with van der Waals surface area (Å²) in [6.45, 7) is 11.1. The summed E-state index contributed by atoms with van der Waals surface area (Å²) in [5.74, 6) is 0. The lowest BCUT2D eigenvalue weighted by atomic mass is 9.94. The summed E-state index contributed by atoms with van der Waals surface area (Å²) < 4.78 is 0. The van der Waals surface area contributed by atoms with Crippen LogP contribution >= 0.6 is 11.8 Å². The minimum atomic E-state index is 0.216. The van der Waals surface area contributed by atoms with Crippen molar-refractivity contribution in [1.82, 2.24) is 5.32 Å². The molecule has 1 aromatic carbocycles. The highest BCUT2D eigenvalue weighted by Gasteiger charge is 2.19. The molecule has 0 amide bonds. The summed E-state index contributed by atoms with van der Waals surface area (Å²) >= 11 is 1.71. The van der Waals surface area contributed by atoms with Crippen molar-refractivity contribution >= 4 is 11.8 Å². The fourth-order valence-corrected chi connectivity index (χ4v) is 3.53. The Hall–Kier alpha value is -0.510. The van der Waals surface area contributed by atoms with E-state index >= 15 is 0 Å². The van der Waals surface area contributed by atoms with Crippen molar-refractivity contribution in [3.8, 4) is 0 Å². The van der Waals surface area contributed by atoms with E-state index in [4.69, 9.17) is 0 Å². The normalized spacial score (nSPS) is 16.2. The van der Waals surface area contributed by atoms with Gasteiger partial charge in [0.2, 0.25) is 0 Å². The molecule has 1 rings (SSSR count). The zero-order chi connectivity index (χ0) is 14.6. The summed E-state index contributed by atoms with van der Waals surface area (Å²) in [5.41, 5.74) is 5.38. The van der Waals surface area contributed by atoms with E-state index in [9.17, 15) is 5.11 Å². The molecule has 2 N–H and O–H groups in total. The van der Waals surface area contributed by atoms with E-state index < -0.39 is 0 Å². The maximum absolute atomic E-state index is 9.36. The van der Waals surface area contributed by atoms with Crippen molar-refractivity contribution in [1.29, 1.82) is 0 Å². The molecule has 0 aliphatic heterocycles. The molecule has 0 bridgehead atoms. The molecule has 0 radical (unpaired) electrons. The predicted molar refractivity (Wildman–Crippen MR) is 86.1 cm³/mol. The Kier molecular flexibility index (Phi) is 6.37. The Labute approximate surface area is 122 Å². The molecular formula is C16H27NOS. The van der Waals surface area contributed by atoms with Gasteiger partial charge in [-0.15, -0.1) is 0 Å². The zero-order valence-electron chi connectivity index (χ0n) is 12.9. The maximum Gasteiger partial charge on any atom is 0.0564 e. The summed E-state index contributed by atoms with van der Waals surface area (Å²) in [6.07, 6.45) is 2.05. The molecule has 0 saturated carbocycles. The van der Waals surface area contributed by atoms with Crippen LogP contribution in [0.5, 0.6) is 0 Å². The van der Waals surface area contributed by atoms with Crippen molar-refractivity contribution in [2.24, 2.45) is 0 Å². The van der Waals surface area contributed by atoms with Crippen LogP contribution in [0.3, 0.4) is 0 Å². The van der Waals surface area contributed by atoms with Gasteiger partial charge in [-0.05, 0) is 57.6 Å². The molecule has 1 aromatic rings. The van der Waals surface area contributed by atoms with Crippen LogP contribution in [-0.4, -0.2) is 29.3 Å². The molecule has 3 atom stereocenters. The second-order valence-electron chi connectivity index (χ2n) is 5.45. The van der Waals surface area contributed by atoms with Crippen LogP contribution in [0.15, 0.2) is 12.1 Å². The minimum absolute atomic E-state index is 0.216. The summed E-state index contributed by atoms with van der Waals surface area (Å²) in [4.78, 5) is 0. The summed E-state index contributed by atoms with van der Waals surface area (Å²) in [7, 11) is 0. The highest BCUT2D eigenvalue weighted by molar-refractivity contribution is 7.99. The van der Waals surface area contributed by atoms with Crippen LogP contribution in [0.1, 0.15) is 42.1 Å². The average molecular weight is 281 g/mol. The van der Waals surface area contributed by atoms with Gasteiger partial charge < -0.3 is 10.4 Å². The maximum atomic E-state index is 9.36. The molecule has 3 heteroatoms. The van der Waals surface area contributed by atoms with E-state index in [-0.39, 0.29) is 17.9 Å². The second-order valence-corrected chi connectivity index (χ2v) is 6.52. The van der Waals surface area contributed by atoms with E-state index in [1.54, 1.807) is 11.8 Å². The first-order valence-corrected chi connectivity index (χ1v) is 8.17. The van der Waals surface area contributed by atoms with Gasteiger partial charge in [-0.2, -0.15) is 11.8 Å². The Morgan fingerprint density at radius 2 is 1.68 bits per heavy atom. The van der Waals surface area contributed by atoms with E-state index in [0.717, 1.165) is 0 Å². The number of hydrogen-bond acceptors (Lipinski definition) is 3. The number of nitrogens with one attached hydrogen (secondary N) is 1. The quantitative estimate of drug-likeness (QED) is 0.838. The third-order valence-corrected chi connectivity index (χ3v) is 4.89. The first-order valence-electron chi connectivity index (χ1n) is 6.88. The lowest BCUT2D eigenvalue weighted by molar-refractivity contribution is 0.271. The molecule has 0 spiro atoms. The molecule has 0 fully saturated rings. The smallest absolute Gasteiger partial charge is 0.0564 e. The van der Waals surface area contributed by atoms with E-state index in [2.05, 4.69) is 52.1 Å². The van der Waals surface area contributed by atoms with Crippen LogP contribution in [0.25, 0.3) is 0 Å². The largest absolute Gasteiger partial charge is 0.395 e. The number of aryl methyl sites for hydroxylation is 3. The first kappa shape index (κ1) is 16.5. The van der Waals surface area contributed by atoms with Gasteiger partial charge in [0.25, 0.3) is 0 Å². The highest BCUT2D eigenvalue weighted by atomic mass is 32.2. The van der Waals surface area contributed by atoms with Crippen LogP contribution in [0.4, 0.5) is 0 Å². The van der Waals surface area contributed by atoms with Gasteiger partial charge in [-0.25, -0.2) is 0 Å². The van der Waals surface area contributed by atoms with Crippen LogP contribution < -0.4 is 5.32 Å². The SMILES string of the molecule is CSC(CO)C(C)NC(C)c1c(C)cc(C)cc1C. The van der Waals surface area contributed by atoms with Gasteiger partial charge in [0, 0.05) is 17.3 Å². The molecule has 2 nitrogen and oxygen atoms in total.